The maximum Gasteiger partial charge on any atom is 0.319 e. The first kappa shape index (κ1) is 19.0. The number of urea groups is 1. The fourth-order valence-corrected chi connectivity index (χ4v) is 3.03. The first-order valence-corrected chi connectivity index (χ1v) is 9.31. The summed E-state index contributed by atoms with van der Waals surface area (Å²) in [5, 5.41) is 5.79. The molecule has 1 saturated heterocycles. The van der Waals surface area contributed by atoms with Gasteiger partial charge in [-0.05, 0) is 43.2 Å². The van der Waals surface area contributed by atoms with Crippen LogP contribution in [0.4, 0.5) is 16.2 Å². The first-order chi connectivity index (χ1) is 13.1. The second-order valence-electron chi connectivity index (χ2n) is 6.54. The number of rotatable bonds is 6. The number of morpholine rings is 1. The van der Waals surface area contributed by atoms with Crippen molar-refractivity contribution in [2.45, 2.75) is 13.8 Å². The molecule has 6 heteroatoms. The van der Waals surface area contributed by atoms with Crippen LogP contribution in [0.5, 0.6) is 5.75 Å². The maximum absolute atomic E-state index is 12.3. The maximum atomic E-state index is 12.3. The van der Waals surface area contributed by atoms with Crippen LogP contribution in [0.15, 0.2) is 42.5 Å². The summed E-state index contributed by atoms with van der Waals surface area (Å²) >= 11 is 0. The van der Waals surface area contributed by atoms with E-state index in [1.54, 1.807) is 0 Å². The fourth-order valence-electron chi connectivity index (χ4n) is 3.03. The van der Waals surface area contributed by atoms with Crippen molar-refractivity contribution in [1.29, 1.82) is 0 Å². The third-order valence-corrected chi connectivity index (χ3v) is 4.70. The number of para-hydroxylation sites is 2. The van der Waals surface area contributed by atoms with Gasteiger partial charge in [0.05, 0.1) is 31.1 Å². The highest BCUT2D eigenvalue weighted by Crippen LogP contribution is 2.26. The molecule has 2 amide bonds. The first-order valence-electron chi connectivity index (χ1n) is 9.31. The van der Waals surface area contributed by atoms with Gasteiger partial charge in [0, 0.05) is 13.1 Å². The lowest BCUT2D eigenvalue weighted by Crippen LogP contribution is -2.37. The van der Waals surface area contributed by atoms with E-state index in [1.165, 1.54) is 5.56 Å². The monoisotopic (exact) mass is 369 g/mol. The predicted molar refractivity (Wildman–Crippen MR) is 108 cm³/mol. The Labute approximate surface area is 160 Å². The zero-order chi connectivity index (χ0) is 19.1. The van der Waals surface area contributed by atoms with E-state index < -0.39 is 0 Å². The van der Waals surface area contributed by atoms with Gasteiger partial charge in [0.1, 0.15) is 12.4 Å². The molecule has 6 nitrogen and oxygen atoms in total. The molecule has 1 aliphatic rings. The van der Waals surface area contributed by atoms with Crippen LogP contribution in [-0.2, 0) is 4.74 Å². The van der Waals surface area contributed by atoms with Crippen molar-refractivity contribution in [3.05, 3.63) is 53.6 Å². The Morgan fingerprint density at radius 3 is 2.70 bits per heavy atom. The van der Waals surface area contributed by atoms with E-state index in [2.05, 4.69) is 28.5 Å². The van der Waals surface area contributed by atoms with Crippen LogP contribution < -0.4 is 20.3 Å². The number of nitrogens with zero attached hydrogens (tertiary/aromatic N) is 1. The van der Waals surface area contributed by atoms with E-state index in [4.69, 9.17) is 9.47 Å². The third-order valence-electron chi connectivity index (χ3n) is 4.70. The lowest BCUT2D eigenvalue weighted by molar-refractivity contribution is 0.123. The minimum absolute atomic E-state index is 0.236. The molecule has 27 heavy (non-hydrogen) atoms. The molecule has 0 saturated carbocycles. The number of carbonyl (C=O) groups is 1. The van der Waals surface area contributed by atoms with Gasteiger partial charge in [-0.15, -0.1) is 0 Å². The zero-order valence-electron chi connectivity index (χ0n) is 16.0. The average molecular weight is 369 g/mol. The topological polar surface area (TPSA) is 62.8 Å². The molecule has 3 rings (SSSR count). The van der Waals surface area contributed by atoms with E-state index >= 15 is 0 Å². The number of hydrogen-bond acceptors (Lipinski definition) is 4. The highest BCUT2D eigenvalue weighted by atomic mass is 16.5. The number of amides is 2. The molecular weight excluding hydrogens is 342 g/mol. The van der Waals surface area contributed by atoms with Crippen LogP contribution >= 0.6 is 0 Å². The Morgan fingerprint density at radius 2 is 1.89 bits per heavy atom. The van der Waals surface area contributed by atoms with Gasteiger partial charge >= 0.3 is 6.03 Å². The van der Waals surface area contributed by atoms with Crippen molar-refractivity contribution in [3.63, 3.8) is 0 Å². The van der Waals surface area contributed by atoms with Crippen LogP contribution in [0.2, 0.25) is 0 Å². The molecule has 2 aromatic rings. The normalized spacial score (nSPS) is 13.9. The van der Waals surface area contributed by atoms with Crippen LogP contribution in [0.3, 0.4) is 0 Å². The summed E-state index contributed by atoms with van der Waals surface area (Å²) in [5.41, 5.74) is 4.13. The molecule has 1 heterocycles. The predicted octanol–water partition coefficient (Wildman–Crippen LogP) is 3.34. The van der Waals surface area contributed by atoms with Crippen LogP contribution in [0, 0.1) is 13.8 Å². The smallest absolute Gasteiger partial charge is 0.319 e. The summed E-state index contributed by atoms with van der Waals surface area (Å²) in [5.74, 6) is 0.856. The Kier molecular flexibility index (Phi) is 6.54. The van der Waals surface area contributed by atoms with E-state index in [1.807, 2.05) is 43.3 Å². The number of benzene rings is 2. The quantitative estimate of drug-likeness (QED) is 0.767. The van der Waals surface area contributed by atoms with Crippen molar-refractivity contribution < 1.29 is 14.3 Å². The average Bonchev–Trinajstić information content (AvgIpc) is 2.69. The van der Waals surface area contributed by atoms with Gasteiger partial charge in [0.15, 0.2) is 0 Å². The molecule has 1 fully saturated rings. The standard InChI is InChI=1S/C21H27N3O3/c1-16-6-5-9-20(17(16)2)27-13-10-22-21(25)23-18-7-3-4-8-19(18)24-11-14-26-15-12-24/h3-9H,10-15H2,1-2H3,(H2,22,23,25). The second-order valence-corrected chi connectivity index (χ2v) is 6.54. The van der Waals surface area contributed by atoms with Crippen molar-refractivity contribution in [2.24, 2.45) is 0 Å². The van der Waals surface area contributed by atoms with Gasteiger partial charge in [-0.1, -0.05) is 24.3 Å². The van der Waals surface area contributed by atoms with Crippen molar-refractivity contribution in [3.8, 4) is 5.75 Å². The number of nitrogens with one attached hydrogen (secondary N) is 2. The molecule has 2 aromatic carbocycles. The Balaban J connectivity index is 1.49. The summed E-state index contributed by atoms with van der Waals surface area (Å²) in [6, 6.07) is 13.6. The minimum atomic E-state index is -0.236. The van der Waals surface area contributed by atoms with E-state index in [9.17, 15) is 4.79 Å². The van der Waals surface area contributed by atoms with Gasteiger partial charge in [0.2, 0.25) is 0 Å². The molecule has 0 aromatic heterocycles. The second kappa shape index (κ2) is 9.28. The van der Waals surface area contributed by atoms with Crippen LogP contribution in [0.1, 0.15) is 11.1 Å². The molecule has 0 unspecified atom stereocenters. The number of hydrogen-bond donors (Lipinski definition) is 2. The third kappa shape index (κ3) is 5.14. The minimum Gasteiger partial charge on any atom is -0.491 e. The molecule has 0 atom stereocenters. The van der Waals surface area contributed by atoms with E-state index in [0.717, 1.165) is 35.8 Å². The molecule has 1 aliphatic heterocycles. The molecule has 0 spiro atoms. The van der Waals surface area contributed by atoms with E-state index in [0.29, 0.717) is 26.4 Å². The SMILES string of the molecule is Cc1cccc(OCCNC(=O)Nc2ccccc2N2CCOCC2)c1C. The highest BCUT2D eigenvalue weighted by Gasteiger charge is 2.15. The van der Waals surface area contributed by atoms with Crippen molar-refractivity contribution >= 4 is 17.4 Å². The number of anilines is 2. The molecule has 0 radical (unpaired) electrons. The van der Waals surface area contributed by atoms with Crippen LogP contribution in [-0.4, -0.2) is 45.5 Å². The Morgan fingerprint density at radius 1 is 1.11 bits per heavy atom. The van der Waals surface area contributed by atoms with Gasteiger partial charge in [-0.3, -0.25) is 0 Å². The lowest BCUT2D eigenvalue weighted by Gasteiger charge is -2.30. The summed E-state index contributed by atoms with van der Waals surface area (Å²) in [6.07, 6.45) is 0. The highest BCUT2D eigenvalue weighted by molar-refractivity contribution is 5.93. The van der Waals surface area contributed by atoms with Gasteiger partial charge in [0.25, 0.3) is 0 Å². The molecule has 2 N–H and O–H groups in total. The Bertz CT molecular complexity index is 773. The summed E-state index contributed by atoms with van der Waals surface area (Å²) < 4.78 is 11.2. The molecular formula is C21H27N3O3. The van der Waals surface area contributed by atoms with Gasteiger partial charge in [-0.2, -0.15) is 0 Å². The fraction of sp³-hybridized carbons (Fsp3) is 0.381. The zero-order valence-corrected chi connectivity index (χ0v) is 16.0. The number of carbonyl (C=O) groups excluding carboxylic acids is 1. The molecule has 0 aliphatic carbocycles. The van der Waals surface area contributed by atoms with E-state index in [-0.39, 0.29) is 6.03 Å². The molecule has 0 bridgehead atoms. The largest absolute Gasteiger partial charge is 0.491 e. The summed E-state index contributed by atoms with van der Waals surface area (Å²) in [4.78, 5) is 14.5. The number of ether oxygens (including phenoxy) is 2. The number of aryl methyl sites for hydroxylation is 1. The van der Waals surface area contributed by atoms with Gasteiger partial charge < -0.3 is 25.0 Å². The Hall–Kier alpha value is -2.73. The van der Waals surface area contributed by atoms with Crippen molar-refractivity contribution in [1.82, 2.24) is 5.32 Å². The van der Waals surface area contributed by atoms with Gasteiger partial charge in [-0.25, -0.2) is 4.79 Å². The van der Waals surface area contributed by atoms with Crippen molar-refractivity contribution in [2.75, 3.05) is 49.7 Å². The summed E-state index contributed by atoms with van der Waals surface area (Å²) in [7, 11) is 0. The summed E-state index contributed by atoms with van der Waals surface area (Å²) in [6.45, 7) is 8.00. The van der Waals surface area contributed by atoms with Crippen LogP contribution in [0.25, 0.3) is 0 Å². The lowest BCUT2D eigenvalue weighted by atomic mass is 10.1. The molecule has 144 valence electrons.